The molecule has 0 spiro atoms. The maximum absolute atomic E-state index is 12.6. The number of rotatable bonds is 4. The Balaban J connectivity index is 1.53. The Bertz CT molecular complexity index is 1280. The lowest BCUT2D eigenvalue weighted by molar-refractivity contribution is 0.0949. The average Bonchev–Trinajstić information content (AvgIpc) is 2.74. The third kappa shape index (κ3) is 3.41. The van der Waals surface area contributed by atoms with Crippen LogP contribution in [0, 0.1) is 0 Å². The molecule has 0 unspecified atom stereocenters. The highest BCUT2D eigenvalue weighted by Gasteiger charge is 2.19. The van der Waals surface area contributed by atoms with Crippen LogP contribution in [0.2, 0.25) is 0 Å². The fourth-order valence-corrected chi connectivity index (χ4v) is 3.93. The second kappa shape index (κ2) is 7.54. The highest BCUT2D eigenvalue weighted by Crippen LogP contribution is 2.20. The van der Waals surface area contributed by atoms with Gasteiger partial charge in [-0.15, -0.1) is 0 Å². The summed E-state index contributed by atoms with van der Waals surface area (Å²) in [6.07, 6.45) is 3.80. The first kappa shape index (κ1) is 18.9. The smallest absolute Gasteiger partial charge is 0.273 e. The molecule has 29 heavy (non-hydrogen) atoms. The van der Waals surface area contributed by atoms with Gasteiger partial charge in [0.15, 0.2) is 0 Å². The van der Waals surface area contributed by atoms with Gasteiger partial charge in [-0.05, 0) is 49.4 Å². The third-order valence-electron chi connectivity index (χ3n) is 5.49. The minimum absolute atomic E-state index is 0.0932. The number of aryl methyl sites for hydroxylation is 1. The minimum atomic E-state index is -0.477. The molecule has 0 bridgehead atoms. The van der Waals surface area contributed by atoms with E-state index in [9.17, 15) is 19.2 Å². The number of fused-ring (bicyclic) bond motifs is 2. The molecule has 3 aromatic rings. The van der Waals surface area contributed by atoms with E-state index in [1.807, 2.05) is 0 Å². The number of aromatic amines is 1. The van der Waals surface area contributed by atoms with E-state index in [1.54, 1.807) is 41.9 Å². The zero-order valence-corrected chi connectivity index (χ0v) is 16.2. The SMILES string of the molecule is Cn1c2c(cc(C(=O)NCCn3[nH]c(=O)c4ccccc4c3=O)c1=O)CCCC2. The van der Waals surface area contributed by atoms with E-state index in [2.05, 4.69) is 10.4 Å². The number of H-pyrrole nitrogens is 1. The molecule has 0 atom stereocenters. The highest BCUT2D eigenvalue weighted by atomic mass is 16.2. The number of hydrogen-bond acceptors (Lipinski definition) is 4. The van der Waals surface area contributed by atoms with Crippen molar-refractivity contribution in [2.24, 2.45) is 7.05 Å². The lowest BCUT2D eigenvalue weighted by Gasteiger charge is -2.20. The van der Waals surface area contributed by atoms with Crippen molar-refractivity contribution in [2.75, 3.05) is 6.54 Å². The molecule has 150 valence electrons. The normalized spacial score (nSPS) is 13.3. The van der Waals surface area contributed by atoms with E-state index >= 15 is 0 Å². The van der Waals surface area contributed by atoms with Crippen molar-refractivity contribution in [1.29, 1.82) is 0 Å². The van der Waals surface area contributed by atoms with Crippen LogP contribution < -0.4 is 22.0 Å². The third-order valence-corrected chi connectivity index (χ3v) is 5.49. The second-order valence-electron chi connectivity index (χ2n) is 7.30. The molecule has 1 amide bonds. The molecular weight excluding hydrogens is 372 g/mol. The summed E-state index contributed by atoms with van der Waals surface area (Å²) in [7, 11) is 1.70. The molecule has 1 aliphatic rings. The molecule has 8 heteroatoms. The fourth-order valence-electron chi connectivity index (χ4n) is 3.93. The molecule has 2 heterocycles. The van der Waals surface area contributed by atoms with Gasteiger partial charge in [-0.25, -0.2) is 4.68 Å². The number of hydrogen-bond donors (Lipinski definition) is 2. The predicted molar refractivity (Wildman–Crippen MR) is 109 cm³/mol. The summed E-state index contributed by atoms with van der Waals surface area (Å²) in [4.78, 5) is 49.8. The molecule has 1 aromatic carbocycles. The Kier molecular flexibility index (Phi) is 4.92. The number of benzene rings is 1. The first-order valence-electron chi connectivity index (χ1n) is 9.69. The summed E-state index contributed by atoms with van der Waals surface area (Å²) in [6.45, 7) is 0.198. The highest BCUT2D eigenvalue weighted by molar-refractivity contribution is 5.94. The molecule has 8 nitrogen and oxygen atoms in total. The molecule has 1 aliphatic carbocycles. The zero-order chi connectivity index (χ0) is 20.5. The first-order valence-corrected chi connectivity index (χ1v) is 9.69. The van der Waals surface area contributed by atoms with E-state index in [0.717, 1.165) is 36.9 Å². The molecule has 4 rings (SSSR count). The van der Waals surface area contributed by atoms with Crippen LogP contribution in [-0.4, -0.2) is 26.8 Å². The van der Waals surface area contributed by atoms with Crippen molar-refractivity contribution in [2.45, 2.75) is 32.2 Å². The topological polar surface area (TPSA) is 106 Å². The lowest BCUT2D eigenvalue weighted by atomic mass is 9.94. The predicted octanol–water partition coefficient (Wildman–Crippen LogP) is 0.697. The van der Waals surface area contributed by atoms with Gasteiger partial charge in [0.05, 0.1) is 17.3 Å². The van der Waals surface area contributed by atoms with E-state index in [-0.39, 0.29) is 35.3 Å². The van der Waals surface area contributed by atoms with Gasteiger partial charge in [0.2, 0.25) is 0 Å². The quantitative estimate of drug-likeness (QED) is 0.679. The van der Waals surface area contributed by atoms with Crippen LogP contribution >= 0.6 is 0 Å². The maximum Gasteiger partial charge on any atom is 0.273 e. The molecule has 0 saturated carbocycles. The summed E-state index contributed by atoms with van der Waals surface area (Å²) in [5.41, 5.74) is 1.12. The van der Waals surface area contributed by atoms with Crippen LogP contribution in [0.3, 0.4) is 0 Å². The van der Waals surface area contributed by atoms with Gasteiger partial charge in [0, 0.05) is 19.3 Å². The van der Waals surface area contributed by atoms with Crippen LogP contribution in [-0.2, 0) is 26.4 Å². The monoisotopic (exact) mass is 394 g/mol. The van der Waals surface area contributed by atoms with E-state index in [0.29, 0.717) is 10.8 Å². The Labute approximate surface area is 165 Å². The van der Waals surface area contributed by atoms with Crippen LogP contribution in [0.25, 0.3) is 10.8 Å². The minimum Gasteiger partial charge on any atom is -0.350 e. The number of nitrogens with one attached hydrogen (secondary N) is 2. The fraction of sp³-hybridized carbons (Fsp3) is 0.333. The summed E-state index contributed by atoms with van der Waals surface area (Å²) in [6, 6.07) is 8.27. The molecule has 0 saturated heterocycles. The lowest BCUT2D eigenvalue weighted by Crippen LogP contribution is -2.38. The molecule has 0 aliphatic heterocycles. The van der Waals surface area contributed by atoms with E-state index < -0.39 is 5.91 Å². The molecule has 0 fully saturated rings. The number of carbonyl (C=O) groups is 1. The van der Waals surface area contributed by atoms with Crippen molar-refractivity contribution in [3.63, 3.8) is 0 Å². The summed E-state index contributed by atoms with van der Waals surface area (Å²) >= 11 is 0. The standard InChI is InChI=1S/C21H22N4O4/c1-24-17-9-5-2-6-13(17)12-16(20(24)28)18(26)22-10-11-25-21(29)15-8-4-3-7-14(15)19(27)23-25/h3-4,7-8,12H,2,5-6,9-11H2,1H3,(H,22,26)(H,23,27). The first-order chi connectivity index (χ1) is 14.0. The maximum atomic E-state index is 12.6. The van der Waals surface area contributed by atoms with Gasteiger partial charge in [0.25, 0.3) is 22.6 Å². The number of nitrogens with zero attached hydrogens (tertiary/aromatic N) is 2. The van der Waals surface area contributed by atoms with Gasteiger partial charge in [0.1, 0.15) is 5.56 Å². The Morgan fingerprint density at radius 1 is 1.07 bits per heavy atom. The average molecular weight is 394 g/mol. The van der Waals surface area contributed by atoms with Gasteiger partial charge in [-0.1, -0.05) is 12.1 Å². The molecule has 2 aromatic heterocycles. The van der Waals surface area contributed by atoms with Gasteiger partial charge >= 0.3 is 0 Å². The number of pyridine rings is 1. The van der Waals surface area contributed by atoms with Crippen molar-refractivity contribution in [3.05, 3.63) is 78.2 Å². The summed E-state index contributed by atoms with van der Waals surface area (Å²) < 4.78 is 2.74. The van der Waals surface area contributed by atoms with E-state index in [4.69, 9.17) is 0 Å². The largest absolute Gasteiger partial charge is 0.350 e. The number of amides is 1. The Hall–Kier alpha value is -3.42. The number of aromatic nitrogens is 3. The Morgan fingerprint density at radius 3 is 2.59 bits per heavy atom. The van der Waals surface area contributed by atoms with Crippen LogP contribution in [0.15, 0.2) is 44.7 Å². The van der Waals surface area contributed by atoms with Gasteiger partial charge in [-0.3, -0.25) is 24.3 Å². The van der Waals surface area contributed by atoms with Crippen LogP contribution in [0.5, 0.6) is 0 Å². The van der Waals surface area contributed by atoms with Crippen molar-refractivity contribution in [3.8, 4) is 0 Å². The van der Waals surface area contributed by atoms with E-state index in [1.165, 1.54) is 4.68 Å². The van der Waals surface area contributed by atoms with Crippen LogP contribution in [0.1, 0.15) is 34.5 Å². The molecular formula is C21H22N4O4. The molecule has 0 radical (unpaired) electrons. The number of carbonyl (C=O) groups excluding carboxylic acids is 1. The van der Waals surface area contributed by atoms with Crippen molar-refractivity contribution >= 4 is 16.7 Å². The van der Waals surface area contributed by atoms with Crippen molar-refractivity contribution in [1.82, 2.24) is 19.7 Å². The van der Waals surface area contributed by atoms with Gasteiger partial charge in [-0.2, -0.15) is 0 Å². The van der Waals surface area contributed by atoms with Crippen molar-refractivity contribution < 1.29 is 4.79 Å². The van der Waals surface area contributed by atoms with Gasteiger partial charge < -0.3 is 9.88 Å². The molecule has 2 N–H and O–H groups in total. The zero-order valence-electron chi connectivity index (χ0n) is 16.2. The second-order valence-corrected chi connectivity index (χ2v) is 7.30. The summed E-state index contributed by atoms with van der Waals surface area (Å²) in [5, 5.41) is 5.86. The Morgan fingerprint density at radius 2 is 1.79 bits per heavy atom. The van der Waals surface area contributed by atoms with Crippen LogP contribution in [0.4, 0.5) is 0 Å². The summed E-state index contributed by atoms with van der Waals surface area (Å²) in [5.74, 6) is -0.477.